The van der Waals surface area contributed by atoms with Crippen molar-refractivity contribution in [2.45, 2.75) is 45.6 Å². The van der Waals surface area contributed by atoms with Gasteiger partial charge in [-0.25, -0.2) is 9.59 Å². The molecule has 1 aliphatic carbocycles. The highest BCUT2D eigenvalue weighted by atomic mass is 16.7. The van der Waals surface area contributed by atoms with Crippen LogP contribution in [0.4, 0.5) is 4.79 Å². The van der Waals surface area contributed by atoms with E-state index in [0.717, 1.165) is 11.3 Å². The van der Waals surface area contributed by atoms with Crippen molar-refractivity contribution >= 4 is 29.7 Å². The van der Waals surface area contributed by atoms with Crippen molar-refractivity contribution in [3.05, 3.63) is 35.4 Å². The van der Waals surface area contributed by atoms with Crippen LogP contribution in [0, 0.1) is 11.3 Å². The lowest BCUT2D eigenvalue weighted by Crippen LogP contribution is -2.54. The first-order valence-corrected chi connectivity index (χ1v) is 9.86. The third-order valence-corrected chi connectivity index (χ3v) is 5.86. The predicted molar refractivity (Wildman–Crippen MR) is 103 cm³/mol. The number of benzene rings is 1. The average Bonchev–Trinajstić information content (AvgIpc) is 3.00. The number of carbonyl (C=O) groups excluding carboxylic acids is 5. The molecule has 2 heterocycles. The van der Waals surface area contributed by atoms with Gasteiger partial charge in [-0.1, -0.05) is 38.0 Å². The monoisotopic (exact) mass is 413 g/mol. The summed E-state index contributed by atoms with van der Waals surface area (Å²) in [5.74, 6) is -2.83. The first-order chi connectivity index (χ1) is 14.0. The summed E-state index contributed by atoms with van der Waals surface area (Å²) in [5, 5.41) is 3.14. The quantitative estimate of drug-likeness (QED) is 0.598. The Bertz CT molecular complexity index is 952. The molecule has 9 nitrogen and oxygen atoms in total. The van der Waals surface area contributed by atoms with Gasteiger partial charge in [0.15, 0.2) is 0 Å². The second-order valence-electron chi connectivity index (χ2n) is 9.17. The summed E-state index contributed by atoms with van der Waals surface area (Å²) in [6.45, 7) is 5.43. The number of nitrogens with one attached hydrogen (secondary N) is 1. The van der Waals surface area contributed by atoms with Crippen LogP contribution < -0.4 is 5.32 Å². The molecule has 1 saturated carbocycles. The molecule has 2 aliphatic heterocycles. The van der Waals surface area contributed by atoms with Crippen LogP contribution in [0.2, 0.25) is 0 Å². The molecule has 158 valence electrons. The zero-order valence-corrected chi connectivity index (χ0v) is 17.1. The molecule has 3 aliphatic rings. The van der Waals surface area contributed by atoms with Gasteiger partial charge in [0.2, 0.25) is 0 Å². The summed E-state index contributed by atoms with van der Waals surface area (Å²) in [5.41, 5.74) is -0.934. The number of hydroxylamine groups is 2. The molecular weight excluding hydrogens is 390 g/mol. The molecule has 4 rings (SSSR count). The van der Waals surface area contributed by atoms with Gasteiger partial charge in [-0.3, -0.25) is 19.3 Å². The van der Waals surface area contributed by atoms with Crippen molar-refractivity contribution in [2.75, 3.05) is 6.54 Å². The molecule has 5 amide bonds. The maximum absolute atomic E-state index is 13.1. The van der Waals surface area contributed by atoms with Gasteiger partial charge in [0.25, 0.3) is 17.7 Å². The first kappa shape index (κ1) is 20.1. The molecule has 1 aromatic carbocycles. The fraction of sp³-hybridized carbons (Fsp3) is 0.476. The van der Waals surface area contributed by atoms with Gasteiger partial charge in [0.1, 0.15) is 12.1 Å². The van der Waals surface area contributed by atoms with Crippen molar-refractivity contribution < 1.29 is 28.8 Å². The van der Waals surface area contributed by atoms with E-state index >= 15 is 0 Å². The van der Waals surface area contributed by atoms with E-state index in [0.29, 0.717) is 17.9 Å². The van der Waals surface area contributed by atoms with E-state index in [4.69, 9.17) is 4.84 Å². The number of fused-ring (bicyclic) bond motifs is 1. The van der Waals surface area contributed by atoms with E-state index in [1.165, 1.54) is 12.1 Å². The van der Waals surface area contributed by atoms with Gasteiger partial charge < -0.3 is 10.2 Å². The molecule has 0 radical (unpaired) electrons. The van der Waals surface area contributed by atoms with Crippen LogP contribution >= 0.6 is 0 Å². The van der Waals surface area contributed by atoms with Gasteiger partial charge >= 0.3 is 12.0 Å². The van der Waals surface area contributed by atoms with Crippen LogP contribution in [0.1, 0.15) is 60.7 Å². The fourth-order valence-electron chi connectivity index (χ4n) is 5.16. The normalized spacial score (nSPS) is 27.5. The van der Waals surface area contributed by atoms with Crippen LogP contribution in [0.3, 0.4) is 0 Å². The summed E-state index contributed by atoms with van der Waals surface area (Å²) in [6.07, 6.45) is 1.89. The lowest BCUT2D eigenvalue weighted by Gasteiger charge is -2.43. The molecule has 2 atom stereocenters. The Hall–Kier alpha value is -3.23. The first-order valence-electron chi connectivity index (χ1n) is 9.86. The topological polar surface area (TPSA) is 113 Å². The molecule has 2 unspecified atom stereocenters. The molecule has 9 heteroatoms. The third-order valence-electron chi connectivity index (χ3n) is 5.86. The van der Waals surface area contributed by atoms with Crippen molar-refractivity contribution in [3.63, 3.8) is 0 Å². The Morgan fingerprint density at radius 3 is 2.27 bits per heavy atom. The molecule has 30 heavy (non-hydrogen) atoms. The number of urea groups is 1. The Balaban J connectivity index is 1.47. The molecule has 0 aromatic heterocycles. The molecule has 1 spiro atoms. The molecule has 1 aromatic rings. The van der Waals surface area contributed by atoms with Crippen LogP contribution in [-0.2, 0) is 14.4 Å². The Morgan fingerprint density at radius 1 is 1.10 bits per heavy atom. The fourth-order valence-corrected chi connectivity index (χ4v) is 5.16. The molecule has 0 bridgehead atoms. The van der Waals surface area contributed by atoms with Gasteiger partial charge in [0, 0.05) is 0 Å². The largest absolute Gasteiger partial charge is 0.353 e. The van der Waals surface area contributed by atoms with Crippen molar-refractivity contribution in [1.82, 2.24) is 15.3 Å². The number of amides is 5. The van der Waals surface area contributed by atoms with E-state index in [1.807, 2.05) is 20.8 Å². The van der Waals surface area contributed by atoms with E-state index in [9.17, 15) is 24.0 Å². The van der Waals surface area contributed by atoms with E-state index in [-0.39, 0.29) is 22.5 Å². The highest BCUT2D eigenvalue weighted by Gasteiger charge is 2.56. The van der Waals surface area contributed by atoms with Crippen molar-refractivity contribution in [1.29, 1.82) is 0 Å². The van der Waals surface area contributed by atoms with Crippen LogP contribution in [0.25, 0.3) is 0 Å². The standard InChI is InChI=1S/C21H23N3O6/c1-12-8-20(2,3)11-21(9-12)18(28)23(19(29)22-21)10-15(25)30-24-16(26)13-6-4-5-7-14(13)17(24)27/h4-7,12H,8-11H2,1-3H3,(H,22,29). The number of carbonyl (C=O) groups is 5. The number of hydrogen-bond acceptors (Lipinski definition) is 6. The van der Waals surface area contributed by atoms with Gasteiger partial charge in [-0.2, -0.15) is 0 Å². The highest BCUT2D eigenvalue weighted by Crippen LogP contribution is 2.46. The second kappa shape index (κ2) is 6.65. The Morgan fingerprint density at radius 2 is 1.70 bits per heavy atom. The van der Waals surface area contributed by atoms with E-state index in [1.54, 1.807) is 12.1 Å². The van der Waals surface area contributed by atoms with Crippen LogP contribution in [0.5, 0.6) is 0 Å². The molecular formula is C21H23N3O6. The van der Waals surface area contributed by atoms with E-state index < -0.39 is 41.8 Å². The smallest absolute Gasteiger partial charge is 0.328 e. The summed E-state index contributed by atoms with van der Waals surface area (Å²) < 4.78 is 0. The maximum atomic E-state index is 13.1. The maximum Gasteiger partial charge on any atom is 0.353 e. The second-order valence-corrected chi connectivity index (χ2v) is 9.17. The average molecular weight is 413 g/mol. The van der Waals surface area contributed by atoms with Crippen LogP contribution in [-0.4, -0.2) is 51.8 Å². The zero-order valence-electron chi connectivity index (χ0n) is 17.1. The van der Waals surface area contributed by atoms with Crippen LogP contribution in [0.15, 0.2) is 24.3 Å². The molecule has 1 saturated heterocycles. The summed E-state index contributed by atoms with van der Waals surface area (Å²) in [6, 6.07) is 5.42. The Kier molecular flexibility index (Phi) is 4.44. The number of imide groups is 2. The zero-order chi connectivity index (χ0) is 21.8. The van der Waals surface area contributed by atoms with Crippen molar-refractivity contribution in [3.8, 4) is 0 Å². The van der Waals surface area contributed by atoms with Crippen molar-refractivity contribution in [2.24, 2.45) is 11.3 Å². The number of rotatable bonds is 3. The third kappa shape index (κ3) is 3.14. The minimum absolute atomic E-state index is 0.127. The number of hydrogen-bond donors (Lipinski definition) is 1. The van der Waals surface area contributed by atoms with Gasteiger partial charge in [0.05, 0.1) is 11.1 Å². The number of nitrogens with zero attached hydrogens (tertiary/aromatic N) is 2. The highest BCUT2D eigenvalue weighted by molar-refractivity contribution is 6.21. The minimum Gasteiger partial charge on any atom is -0.328 e. The van der Waals surface area contributed by atoms with Gasteiger partial charge in [-0.15, -0.1) is 0 Å². The summed E-state index contributed by atoms with van der Waals surface area (Å²) in [7, 11) is 0. The summed E-state index contributed by atoms with van der Waals surface area (Å²) in [4.78, 5) is 68.4. The van der Waals surface area contributed by atoms with Gasteiger partial charge in [-0.05, 0) is 42.7 Å². The van der Waals surface area contributed by atoms with E-state index in [2.05, 4.69) is 5.32 Å². The lowest BCUT2D eigenvalue weighted by atomic mass is 9.64. The lowest BCUT2D eigenvalue weighted by molar-refractivity contribution is -0.170. The molecule has 1 N–H and O–H groups in total. The summed E-state index contributed by atoms with van der Waals surface area (Å²) >= 11 is 0. The minimum atomic E-state index is -1.05. The predicted octanol–water partition coefficient (Wildman–Crippen LogP) is 1.88. The Labute approximate surface area is 173 Å². The molecule has 2 fully saturated rings. The SMILES string of the molecule is CC1CC(C)(C)CC2(C1)NC(=O)N(CC(=O)ON1C(=O)c3ccccc3C1=O)C2=O.